The number of pyridine rings is 3. The number of halogens is 3. The number of fused-ring (bicyclic) bond motifs is 3. The number of aliphatic imine (C=N–C) groups is 2. The maximum atomic E-state index is 13.8. The molecule has 5 aliphatic rings. The van der Waals surface area contributed by atoms with Crippen molar-refractivity contribution in [3.8, 4) is 17.2 Å². The monoisotopic (exact) mass is 1460 g/mol. The van der Waals surface area contributed by atoms with Crippen molar-refractivity contribution in [1.82, 2.24) is 28.2 Å². The lowest BCUT2D eigenvalue weighted by atomic mass is 10.0. The molecule has 0 bridgehead atoms. The zero-order valence-corrected chi connectivity index (χ0v) is 59.0. The molecule has 16 rings (SSSR count). The number of carbonyl (C=O) groups is 2. The number of nitrogens with zero attached hydrogens (tertiary/aromatic N) is 11. The fourth-order valence-electron chi connectivity index (χ4n) is 13.1. The molecule has 5 aromatic carbocycles. The minimum Gasteiger partial charge on any atom is -0.501 e. The molecule has 1 N–H and O–H groups in total. The molecule has 0 unspecified atom stereocenters. The van der Waals surface area contributed by atoms with Crippen LogP contribution in [0.15, 0.2) is 236 Å². The maximum absolute atomic E-state index is 13.8. The van der Waals surface area contributed by atoms with Crippen LogP contribution in [0.25, 0.3) is 16.9 Å². The molecule has 6 aromatic heterocycles. The number of hydrogen-bond donors (Lipinski definition) is 1. The molecule has 11 aromatic rings. The Morgan fingerprint density at radius 3 is 1.27 bits per heavy atom. The Balaban J connectivity index is 0.000000136. The van der Waals surface area contributed by atoms with Gasteiger partial charge in [0.2, 0.25) is 17.2 Å². The zero-order valence-electron chi connectivity index (χ0n) is 59.0. The lowest BCUT2D eigenvalue weighted by Gasteiger charge is -2.28. The highest BCUT2D eigenvalue weighted by molar-refractivity contribution is 6.05. The Morgan fingerprint density at radius 2 is 0.815 bits per heavy atom. The van der Waals surface area contributed by atoms with Crippen LogP contribution in [0.5, 0.6) is 17.2 Å². The average Bonchev–Trinajstić information content (AvgIpc) is 1.15. The number of hydrogen-bond acceptors (Lipinski definition) is 19. The Kier molecular flexibility index (Phi) is 22.9. The van der Waals surface area contributed by atoms with E-state index in [1.54, 1.807) is 71.5 Å². The number of aromatic nitrogens is 6. The zero-order chi connectivity index (χ0) is 74.5. The van der Waals surface area contributed by atoms with Gasteiger partial charge >= 0.3 is 16.7 Å². The van der Waals surface area contributed by atoms with Gasteiger partial charge in [-0.3, -0.25) is 47.2 Å². The first-order valence-electron chi connectivity index (χ1n) is 35.7. The van der Waals surface area contributed by atoms with Crippen LogP contribution in [0.2, 0.25) is 0 Å². The Labute approximate surface area is 618 Å². The Bertz CT molecular complexity index is 5430. The van der Waals surface area contributed by atoms with Crippen LogP contribution in [-0.2, 0) is 51.5 Å². The fourth-order valence-corrected chi connectivity index (χ4v) is 13.1. The summed E-state index contributed by atoms with van der Waals surface area (Å²) in [4.78, 5) is 95.4. The SMILES string of the molecule is O=C(CCC(=O)c1nc2ccc(N3CCOCC3)cn2c(=O)c1OCc1ccccc1)Cc1ccc(F)cc1.O=c1c(O)c(C2=NC=C(Cc3ccc(F)cc3)C2)nc2ccc(N3CCOCC3)cn12.O=c1c(OCc2ccccc2)c(C2=NC=C(Cc3ccc(F)cc3)C2)nc2ccc(N3CCOCC3)cn12. The first kappa shape index (κ1) is 72.7. The maximum Gasteiger partial charge on any atom is 0.301 e. The highest BCUT2D eigenvalue weighted by Gasteiger charge is 2.27. The number of carbonyl (C=O) groups excluding carboxylic acids is 2. The summed E-state index contributed by atoms with van der Waals surface area (Å²) in [5.41, 5.74) is 10.9. The third kappa shape index (κ3) is 17.7. The van der Waals surface area contributed by atoms with Gasteiger partial charge in [0.1, 0.15) is 64.8 Å². The topological polar surface area (TPSA) is 238 Å². The van der Waals surface area contributed by atoms with Gasteiger partial charge in [-0.05, 0) is 125 Å². The number of Topliss-reactive ketones (excluding diaryl/α,β-unsaturated/α-hetero) is 2. The molecule has 22 nitrogen and oxygen atoms in total. The van der Waals surface area contributed by atoms with Crippen molar-refractivity contribution < 1.29 is 51.6 Å². The summed E-state index contributed by atoms with van der Waals surface area (Å²) in [6.07, 6.45) is 10.9. The molecular weight excluding hydrogens is 1380 g/mol. The number of rotatable bonds is 21. The molecular formula is C83H76F3N11O11. The van der Waals surface area contributed by atoms with Crippen LogP contribution in [0.4, 0.5) is 30.2 Å². The molecule has 3 saturated heterocycles. The number of anilines is 3. The van der Waals surface area contributed by atoms with E-state index in [1.807, 2.05) is 97.3 Å². The largest absolute Gasteiger partial charge is 0.501 e. The van der Waals surface area contributed by atoms with Crippen LogP contribution in [0.3, 0.4) is 0 Å². The molecule has 108 heavy (non-hydrogen) atoms. The van der Waals surface area contributed by atoms with Crippen molar-refractivity contribution in [3.05, 3.63) is 305 Å². The minimum absolute atomic E-state index is 0.0364. The second-order valence-electron chi connectivity index (χ2n) is 26.4. The number of allylic oxidation sites excluding steroid dienone is 2. The van der Waals surface area contributed by atoms with E-state index in [9.17, 15) is 42.3 Å². The summed E-state index contributed by atoms with van der Waals surface area (Å²) in [5, 5.41) is 10.6. The van der Waals surface area contributed by atoms with Crippen LogP contribution in [0, 0.1) is 17.5 Å². The van der Waals surface area contributed by atoms with E-state index in [0.717, 1.165) is 76.6 Å². The van der Waals surface area contributed by atoms with E-state index in [-0.39, 0.29) is 84.2 Å². The second kappa shape index (κ2) is 33.9. The van der Waals surface area contributed by atoms with E-state index in [1.165, 1.54) is 45.2 Å². The van der Waals surface area contributed by atoms with Crippen molar-refractivity contribution in [3.63, 3.8) is 0 Å². The highest BCUT2D eigenvalue weighted by Crippen LogP contribution is 2.30. The summed E-state index contributed by atoms with van der Waals surface area (Å²) in [6, 6.07) is 48.6. The summed E-state index contributed by atoms with van der Waals surface area (Å²) in [6.45, 7) is 8.55. The van der Waals surface area contributed by atoms with Gasteiger partial charge in [-0.25, -0.2) is 28.1 Å². The number of ether oxygens (including phenoxy) is 5. The number of aromatic hydroxyl groups is 1. The average molecular weight is 1460 g/mol. The predicted molar refractivity (Wildman–Crippen MR) is 404 cm³/mol. The first-order chi connectivity index (χ1) is 52.7. The number of benzene rings is 5. The van der Waals surface area contributed by atoms with Gasteiger partial charge in [-0.2, -0.15) is 0 Å². The molecule has 0 aliphatic carbocycles. The molecule has 0 saturated carbocycles. The number of morpholine rings is 3. The van der Waals surface area contributed by atoms with Crippen molar-refractivity contribution in [1.29, 1.82) is 0 Å². The van der Waals surface area contributed by atoms with Crippen molar-refractivity contribution in [2.75, 3.05) is 93.6 Å². The quantitative estimate of drug-likeness (QED) is 0.0658. The van der Waals surface area contributed by atoms with Crippen LogP contribution in [-0.4, -0.2) is 135 Å². The third-order valence-corrected chi connectivity index (χ3v) is 18.9. The van der Waals surface area contributed by atoms with E-state index in [2.05, 4.69) is 34.7 Å². The lowest BCUT2D eigenvalue weighted by Crippen LogP contribution is -2.36. The summed E-state index contributed by atoms with van der Waals surface area (Å²) < 4.78 is 72.2. The van der Waals surface area contributed by atoms with Crippen molar-refractivity contribution in [2.45, 2.75) is 58.2 Å². The van der Waals surface area contributed by atoms with Crippen LogP contribution in [0.1, 0.15) is 75.4 Å². The predicted octanol–water partition coefficient (Wildman–Crippen LogP) is 11.3. The molecule has 3 fully saturated rings. The molecule has 0 radical (unpaired) electrons. The standard InChI is InChI=1S/C30H27FN4O3.C30H28FN3O5.C23H21FN4O3/c31-24-8-6-21(7-9-24)16-23-17-26(32-18-23)28-29(38-20-22-4-2-1-3-5-22)30(36)35-19-25(10-11-27(35)33-28)34-12-14-37-15-13-34;31-23-8-6-21(7-9-23)18-25(35)11-12-26(36)28-29(39-20-22-4-2-1-3-5-22)30(37)34-19-24(10-13-27(34)32-28)33-14-16-38-17-15-33;24-17-3-1-15(2-4-17)11-16-12-19(25-13-16)21-22(29)23(30)28-14-18(5-6-20(28)26-21)27-7-9-31-10-8-27/h1-11,18-19H,12-17,20H2;1-10,13,19H,11-12,14-18,20H2;1-6,13-14,29H,7-12H2. The molecule has 0 amide bonds. The number of ketones is 2. The van der Waals surface area contributed by atoms with Crippen LogP contribution >= 0.6 is 0 Å². The summed E-state index contributed by atoms with van der Waals surface area (Å²) in [5.74, 6) is -1.92. The molecule has 11 heterocycles. The van der Waals surface area contributed by atoms with E-state index in [4.69, 9.17) is 28.7 Å². The minimum atomic E-state index is -0.523. The molecule has 550 valence electrons. The highest BCUT2D eigenvalue weighted by atomic mass is 19.1. The molecule has 25 heteroatoms. The Morgan fingerprint density at radius 1 is 0.426 bits per heavy atom. The molecule has 5 aliphatic heterocycles. The smallest absolute Gasteiger partial charge is 0.301 e. The first-order valence-corrected chi connectivity index (χ1v) is 35.7. The third-order valence-electron chi connectivity index (χ3n) is 18.9. The molecule has 0 spiro atoms. The van der Waals surface area contributed by atoms with Gasteiger partial charge in [0.15, 0.2) is 11.5 Å². The van der Waals surface area contributed by atoms with Crippen molar-refractivity contribution >= 4 is 57.0 Å². The van der Waals surface area contributed by atoms with Gasteiger partial charge in [0.05, 0.1) is 68.1 Å². The van der Waals surface area contributed by atoms with Gasteiger partial charge in [0, 0.05) is 102 Å². The summed E-state index contributed by atoms with van der Waals surface area (Å²) >= 11 is 0. The van der Waals surface area contributed by atoms with Gasteiger partial charge in [0.25, 0.3) is 0 Å². The van der Waals surface area contributed by atoms with E-state index >= 15 is 0 Å². The fraction of sp³-hybridized carbons (Fsp3) is 0.253. The molecule has 0 atom stereocenters. The lowest BCUT2D eigenvalue weighted by molar-refractivity contribution is -0.118. The van der Waals surface area contributed by atoms with Gasteiger partial charge < -0.3 is 43.5 Å². The van der Waals surface area contributed by atoms with Gasteiger partial charge in [-0.15, -0.1) is 0 Å². The summed E-state index contributed by atoms with van der Waals surface area (Å²) in [7, 11) is 0. The van der Waals surface area contributed by atoms with Crippen molar-refractivity contribution in [2.24, 2.45) is 9.98 Å². The van der Waals surface area contributed by atoms with Crippen LogP contribution < -0.4 is 40.9 Å². The Hall–Kier alpha value is -12.2. The van der Waals surface area contributed by atoms with E-state index in [0.29, 0.717) is 118 Å². The van der Waals surface area contributed by atoms with Gasteiger partial charge in [-0.1, -0.05) is 97.1 Å². The van der Waals surface area contributed by atoms with E-state index < -0.39 is 22.7 Å². The normalized spacial score (nSPS) is 15.0. The second-order valence-corrected chi connectivity index (χ2v) is 26.4.